The molecule has 1 aliphatic rings. The molecular formula is C9H8N2O5. The predicted molar refractivity (Wildman–Crippen MR) is 52.1 cm³/mol. The van der Waals surface area contributed by atoms with Crippen LogP contribution in [-0.2, 0) is 6.42 Å². The minimum absolute atomic E-state index is 0.210. The standard InChI is InChI=1S/C9H8N2O5/c12-10(13)9(11(14)15)6-5-7-3-1-2-4-8(7)16-9/h1-4H,5-6H2. The Bertz CT molecular complexity index is 445. The van der Waals surface area contributed by atoms with Crippen molar-refractivity contribution in [3.8, 4) is 5.75 Å². The number of benzene rings is 1. The van der Waals surface area contributed by atoms with Crippen molar-refractivity contribution in [2.75, 3.05) is 0 Å². The molecule has 1 aromatic carbocycles. The van der Waals surface area contributed by atoms with Gasteiger partial charge >= 0.3 is 5.85 Å². The Kier molecular flexibility index (Phi) is 2.22. The SMILES string of the molecule is O=[N+]([O-])C1([N+](=O)[O-])CCc2ccccc2O1. The molecule has 0 saturated carbocycles. The minimum atomic E-state index is -2.53. The molecule has 84 valence electrons. The van der Waals surface area contributed by atoms with Crippen molar-refractivity contribution in [2.45, 2.75) is 18.7 Å². The normalized spacial score (nSPS) is 17.0. The van der Waals surface area contributed by atoms with Crippen molar-refractivity contribution < 1.29 is 14.6 Å². The third kappa shape index (κ3) is 1.37. The fourth-order valence-corrected chi connectivity index (χ4v) is 1.66. The molecule has 0 saturated heterocycles. The van der Waals surface area contributed by atoms with Crippen molar-refractivity contribution in [3.05, 3.63) is 50.1 Å². The lowest BCUT2D eigenvalue weighted by Gasteiger charge is -2.23. The second kappa shape index (κ2) is 3.44. The van der Waals surface area contributed by atoms with E-state index in [2.05, 4.69) is 0 Å². The summed E-state index contributed by atoms with van der Waals surface area (Å²) < 4.78 is 4.94. The van der Waals surface area contributed by atoms with Crippen LogP contribution in [0, 0.1) is 20.2 Å². The molecule has 1 aliphatic heterocycles. The maximum atomic E-state index is 10.8. The van der Waals surface area contributed by atoms with Crippen LogP contribution in [0.15, 0.2) is 24.3 Å². The first-order chi connectivity index (χ1) is 7.56. The summed E-state index contributed by atoms with van der Waals surface area (Å²) in [6.45, 7) is 0. The van der Waals surface area contributed by atoms with Gasteiger partial charge in [0.1, 0.15) is 22.0 Å². The number of ether oxygens (including phenoxy) is 1. The van der Waals surface area contributed by atoms with Crippen molar-refractivity contribution in [1.82, 2.24) is 0 Å². The first-order valence-corrected chi connectivity index (χ1v) is 4.62. The zero-order chi connectivity index (χ0) is 11.8. The highest BCUT2D eigenvalue weighted by atomic mass is 16.8. The molecule has 16 heavy (non-hydrogen) atoms. The minimum Gasteiger partial charge on any atom is -0.371 e. The Hall–Kier alpha value is -2.18. The van der Waals surface area contributed by atoms with Crippen molar-refractivity contribution in [3.63, 3.8) is 0 Å². The number of rotatable bonds is 2. The highest BCUT2D eigenvalue weighted by Crippen LogP contribution is 2.33. The average molecular weight is 224 g/mol. The van der Waals surface area contributed by atoms with Crippen LogP contribution in [-0.4, -0.2) is 15.7 Å². The zero-order valence-electron chi connectivity index (χ0n) is 8.16. The Morgan fingerprint density at radius 3 is 2.44 bits per heavy atom. The number of fused-ring (bicyclic) bond motifs is 1. The maximum Gasteiger partial charge on any atom is 0.620 e. The summed E-state index contributed by atoms with van der Waals surface area (Å²) in [7, 11) is 0. The maximum absolute atomic E-state index is 10.8. The molecule has 0 aliphatic carbocycles. The van der Waals surface area contributed by atoms with E-state index in [1.807, 2.05) is 0 Å². The van der Waals surface area contributed by atoms with Gasteiger partial charge in [0.25, 0.3) is 0 Å². The van der Waals surface area contributed by atoms with Gasteiger partial charge in [0.15, 0.2) is 0 Å². The molecule has 1 heterocycles. The van der Waals surface area contributed by atoms with Gasteiger partial charge in [-0.15, -0.1) is 0 Å². The van der Waals surface area contributed by atoms with Crippen LogP contribution in [0.4, 0.5) is 0 Å². The Labute approximate surface area is 89.9 Å². The summed E-state index contributed by atoms with van der Waals surface area (Å²) >= 11 is 0. The molecule has 0 bridgehead atoms. The number of nitrogens with zero attached hydrogens (tertiary/aromatic N) is 2. The van der Waals surface area contributed by atoms with Crippen LogP contribution in [0.25, 0.3) is 0 Å². The number of hydrogen-bond acceptors (Lipinski definition) is 5. The van der Waals surface area contributed by atoms with Gasteiger partial charge in [0.05, 0.1) is 0 Å². The van der Waals surface area contributed by atoms with Crippen molar-refractivity contribution in [2.24, 2.45) is 0 Å². The van der Waals surface area contributed by atoms with E-state index in [0.717, 1.165) is 5.56 Å². The van der Waals surface area contributed by atoms with Gasteiger partial charge in [-0.25, -0.2) is 0 Å². The lowest BCUT2D eigenvalue weighted by Crippen LogP contribution is -2.53. The zero-order valence-corrected chi connectivity index (χ0v) is 8.16. The molecule has 7 heteroatoms. The van der Waals surface area contributed by atoms with Crippen LogP contribution >= 0.6 is 0 Å². The Morgan fingerprint density at radius 1 is 1.19 bits per heavy atom. The quantitative estimate of drug-likeness (QED) is 0.427. The van der Waals surface area contributed by atoms with Crippen LogP contribution in [0.5, 0.6) is 5.75 Å². The molecule has 0 radical (unpaired) electrons. The van der Waals surface area contributed by atoms with Gasteiger partial charge in [-0.2, -0.15) is 0 Å². The van der Waals surface area contributed by atoms with Crippen LogP contribution in [0.3, 0.4) is 0 Å². The third-order valence-corrected chi connectivity index (χ3v) is 2.54. The lowest BCUT2D eigenvalue weighted by molar-refractivity contribution is -0.841. The van der Waals surface area contributed by atoms with E-state index < -0.39 is 15.7 Å². The molecule has 0 spiro atoms. The number of hydrogen-bond donors (Lipinski definition) is 0. The monoisotopic (exact) mass is 224 g/mol. The first-order valence-electron chi connectivity index (χ1n) is 4.62. The Balaban J connectivity index is 2.43. The molecule has 7 nitrogen and oxygen atoms in total. The fourth-order valence-electron chi connectivity index (χ4n) is 1.66. The summed E-state index contributed by atoms with van der Waals surface area (Å²) in [6.07, 6.45) is 0.00213. The summed E-state index contributed by atoms with van der Waals surface area (Å²) in [6, 6.07) is 6.61. The van der Waals surface area contributed by atoms with Crippen molar-refractivity contribution >= 4 is 0 Å². The van der Waals surface area contributed by atoms with Gasteiger partial charge in [-0.05, 0) is 18.1 Å². The van der Waals surface area contributed by atoms with Gasteiger partial charge in [-0.3, -0.25) is 20.2 Å². The van der Waals surface area contributed by atoms with E-state index >= 15 is 0 Å². The fraction of sp³-hybridized carbons (Fsp3) is 0.333. The molecular weight excluding hydrogens is 216 g/mol. The summed E-state index contributed by atoms with van der Waals surface area (Å²) in [4.78, 5) is 19.6. The largest absolute Gasteiger partial charge is 0.620 e. The van der Waals surface area contributed by atoms with Crippen LogP contribution in [0.2, 0.25) is 0 Å². The van der Waals surface area contributed by atoms with Gasteiger partial charge in [0.2, 0.25) is 0 Å². The molecule has 0 fully saturated rings. The van der Waals surface area contributed by atoms with Gasteiger partial charge in [-0.1, -0.05) is 18.2 Å². The second-order valence-corrected chi connectivity index (χ2v) is 3.47. The van der Waals surface area contributed by atoms with E-state index in [9.17, 15) is 20.2 Å². The topological polar surface area (TPSA) is 95.5 Å². The van der Waals surface area contributed by atoms with Gasteiger partial charge in [0, 0.05) is 0 Å². The van der Waals surface area contributed by atoms with E-state index in [1.165, 1.54) is 6.07 Å². The van der Waals surface area contributed by atoms with E-state index in [1.54, 1.807) is 18.2 Å². The van der Waals surface area contributed by atoms with E-state index in [4.69, 9.17) is 4.74 Å². The molecule has 1 aromatic rings. The summed E-state index contributed by atoms with van der Waals surface area (Å²) in [5.74, 6) is -2.32. The van der Waals surface area contributed by atoms with Crippen LogP contribution < -0.4 is 4.74 Å². The molecule has 0 amide bonds. The second-order valence-electron chi connectivity index (χ2n) is 3.47. The lowest BCUT2D eigenvalue weighted by atomic mass is 10.0. The number of aryl methyl sites for hydroxylation is 1. The van der Waals surface area contributed by atoms with E-state index in [-0.39, 0.29) is 18.6 Å². The van der Waals surface area contributed by atoms with Gasteiger partial charge < -0.3 is 4.74 Å². The van der Waals surface area contributed by atoms with Crippen LogP contribution in [0.1, 0.15) is 12.0 Å². The number of nitro groups is 2. The summed E-state index contributed by atoms with van der Waals surface area (Å²) in [5.41, 5.74) is 0.752. The molecule has 2 rings (SSSR count). The smallest absolute Gasteiger partial charge is 0.371 e. The molecule has 0 aromatic heterocycles. The molecule has 0 atom stereocenters. The molecule has 0 N–H and O–H groups in total. The highest BCUT2D eigenvalue weighted by Gasteiger charge is 2.61. The third-order valence-electron chi connectivity index (χ3n) is 2.54. The highest BCUT2D eigenvalue weighted by molar-refractivity contribution is 5.35. The first kappa shape index (κ1) is 10.3. The Morgan fingerprint density at radius 2 is 1.81 bits per heavy atom. The van der Waals surface area contributed by atoms with Crippen molar-refractivity contribution in [1.29, 1.82) is 0 Å². The summed E-state index contributed by atoms with van der Waals surface area (Å²) in [5, 5.41) is 21.5. The molecule has 0 unspecified atom stereocenters. The van der Waals surface area contributed by atoms with E-state index in [0.29, 0.717) is 0 Å². The number of para-hydroxylation sites is 1. The predicted octanol–water partition coefficient (Wildman–Crippen LogP) is 1.22. The average Bonchev–Trinajstić information content (AvgIpc) is 2.27.